The van der Waals surface area contributed by atoms with Crippen LogP contribution in [0.5, 0.6) is 5.75 Å². The molecule has 1 N–H and O–H groups in total. The lowest BCUT2D eigenvalue weighted by molar-refractivity contribution is 0.123. The first-order chi connectivity index (χ1) is 14.8. The third kappa shape index (κ3) is 4.37. The summed E-state index contributed by atoms with van der Waals surface area (Å²) in [4.78, 5) is -0.231. The number of sulfonamides is 1. The molecule has 0 unspecified atom stereocenters. The predicted molar refractivity (Wildman–Crippen MR) is 114 cm³/mol. The van der Waals surface area contributed by atoms with Crippen molar-refractivity contribution >= 4 is 27.3 Å². The lowest BCUT2D eigenvalue weighted by Crippen LogP contribution is -2.16. The normalized spacial score (nSPS) is 15.4. The molecule has 0 fully saturated rings. The van der Waals surface area contributed by atoms with Gasteiger partial charge in [-0.2, -0.15) is 0 Å². The van der Waals surface area contributed by atoms with Gasteiger partial charge in [-0.25, -0.2) is 17.2 Å². The third-order valence-electron chi connectivity index (χ3n) is 4.94. The number of methoxy groups -OCH3 is 1. The maximum absolute atomic E-state index is 14.5. The highest BCUT2D eigenvalue weighted by atomic mass is 35.5. The summed E-state index contributed by atoms with van der Waals surface area (Å²) in [6.07, 6.45) is 0.405. The van der Waals surface area contributed by atoms with Gasteiger partial charge in [0.2, 0.25) is 0 Å². The van der Waals surface area contributed by atoms with Gasteiger partial charge in [0.05, 0.1) is 31.0 Å². The molecule has 0 aromatic heterocycles. The minimum atomic E-state index is -4.25. The van der Waals surface area contributed by atoms with Crippen molar-refractivity contribution in [2.45, 2.75) is 17.9 Å². The molecule has 0 amide bonds. The van der Waals surface area contributed by atoms with Crippen molar-refractivity contribution < 1.29 is 26.7 Å². The van der Waals surface area contributed by atoms with Crippen LogP contribution in [0.15, 0.2) is 53.4 Å². The maximum Gasteiger partial charge on any atom is 0.265 e. The van der Waals surface area contributed by atoms with E-state index in [1.807, 2.05) is 0 Å². The van der Waals surface area contributed by atoms with Crippen LogP contribution in [0.25, 0.3) is 11.1 Å². The Morgan fingerprint density at radius 2 is 1.90 bits per heavy atom. The fraction of sp³-hybridized carbons (Fsp3) is 0.182. The van der Waals surface area contributed by atoms with Gasteiger partial charge in [-0.3, -0.25) is 4.72 Å². The van der Waals surface area contributed by atoms with Crippen LogP contribution in [0.2, 0.25) is 5.02 Å². The summed E-state index contributed by atoms with van der Waals surface area (Å²) >= 11 is 6.22. The quantitative estimate of drug-likeness (QED) is 0.538. The Morgan fingerprint density at radius 1 is 1.10 bits per heavy atom. The summed E-state index contributed by atoms with van der Waals surface area (Å²) in [5.74, 6) is -1.22. The van der Waals surface area contributed by atoms with E-state index < -0.39 is 21.7 Å². The molecule has 0 aliphatic carbocycles. The van der Waals surface area contributed by atoms with E-state index in [0.29, 0.717) is 28.7 Å². The van der Waals surface area contributed by atoms with Gasteiger partial charge in [-0.15, -0.1) is 0 Å². The van der Waals surface area contributed by atoms with E-state index in [0.717, 1.165) is 6.07 Å². The Balaban J connectivity index is 1.91. The lowest BCUT2D eigenvalue weighted by Gasteiger charge is -2.17. The highest BCUT2D eigenvalue weighted by Crippen LogP contribution is 2.36. The molecule has 5 nitrogen and oxygen atoms in total. The number of rotatable bonds is 1. The SMILES string of the molecule is COc1c(Cl)cc2cc1S(=O)(=O)Nc1cc(ccc1F)-c1ccc(F)cc1CCOC2. The first-order valence-corrected chi connectivity index (χ1v) is 11.2. The minimum Gasteiger partial charge on any atom is -0.494 e. The number of halogens is 3. The molecule has 4 rings (SSSR count). The standard InChI is InChI=1S/C22H18ClF2NO4S/c1-29-22-18(23)8-13-9-21(22)31(27,28)26-20-11-14(2-5-19(20)25)17-4-3-16(24)10-15(17)6-7-30-12-13/h2-5,8-11,26H,6-7,12H2,1H3. The summed E-state index contributed by atoms with van der Waals surface area (Å²) in [5, 5.41) is 0.0812. The number of ether oxygens (including phenoxy) is 2. The molecule has 162 valence electrons. The van der Waals surface area contributed by atoms with E-state index >= 15 is 0 Å². The van der Waals surface area contributed by atoms with Crippen LogP contribution in [0.4, 0.5) is 14.5 Å². The molecule has 3 aromatic rings. The Bertz CT molecular complexity index is 1260. The van der Waals surface area contributed by atoms with Crippen LogP contribution in [-0.4, -0.2) is 22.1 Å². The molecule has 1 aliphatic heterocycles. The first-order valence-electron chi connectivity index (χ1n) is 9.34. The van der Waals surface area contributed by atoms with Gasteiger partial charge in [0.25, 0.3) is 10.0 Å². The minimum absolute atomic E-state index is 0.0533. The molecule has 0 saturated carbocycles. The number of hydrogen-bond acceptors (Lipinski definition) is 4. The summed E-state index contributed by atoms with van der Waals surface area (Å²) in [5.41, 5.74) is 2.10. The van der Waals surface area contributed by atoms with Crippen molar-refractivity contribution in [2.75, 3.05) is 18.4 Å². The molecular weight excluding hydrogens is 448 g/mol. The Morgan fingerprint density at radius 3 is 2.68 bits per heavy atom. The fourth-order valence-electron chi connectivity index (χ4n) is 3.50. The monoisotopic (exact) mass is 465 g/mol. The molecule has 9 heteroatoms. The molecule has 0 radical (unpaired) electrons. The zero-order chi connectivity index (χ0) is 22.2. The van der Waals surface area contributed by atoms with Crippen molar-refractivity contribution in [1.29, 1.82) is 0 Å². The highest BCUT2D eigenvalue weighted by molar-refractivity contribution is 7.92. The molecule has 4 bridgehead atoms. The number of nitrogens with one attached hydrogen (secondary N) is 1. The van der Waals surface area contributed by atoms with Gasteiger partial charge in [0.1, 0.15) is 16.5 Å². The van der Waals surface area contributed by atoms with Crippen LogP contribution in [-0.2, 0) is 27.8 Å². The maximum atomic E-state index is 14.5. The lowest BCUT2D eigenvalue weighted by atomic mass is 9.97. The second-order valence-corrected chi connectivity index (χ2v) is 9.07. The molecule has 0 atom stereocenters. The van der Waals surface area contributed by atoms with Crippen LogP contribution in [0.1, 0.15) is 11.1 Å². The summed E-state index contributed by atoms with van der Waals surface area (Å²) in [6, 6.07) is 11.2. The van der Waals surface area contributed by atoms with Crippen LogP contribution < -0.4 is 9.46 Å². The Labute approximate surface area is 183 Å². The topological polar surface area (TPSA) is 64.6 Å². The van der Waals surface area contributed by atoms with Crippen molar-refractivity contribution in [3.05, 3.63) is 76.3 Å². The molecule has 31 heavy (non-hydrogen) atoms. The van der Waals surface area contributed by atoms with E-state index in [1.54, 1.807) is 12.1 Å². The molecule has 0 spiro atoms. The van der Waals surface area contributed by atoms with Crippen molar-refractivity contribution in [1.82, 2.24) is 0 Å². The van der Waals surface area contributed by atoms with Gasteiger partial charge in [-0.05, 0) is 65.1 Å². The van der Waals surface area contributed by atoms with Gasteiger partial charge < -0.3 is 9.47 Å². The smallest absolute Gasteiger partial charge is 0.265 e. The second kappa shape index (κ2) is 8.45. The van der Waals surface area contributed by atoms with E-state index in [4.69, 9.17) is 21.1 Å². The van der Waals surface area contributed by atoms with Gasteiger partial charge >= 0.3 is 0 Å². The van der Waals surface area contributed by atoms with E-state index in [1.165, 1.54) is 37.4 Å². The molecule has 0 saturated heterocycles. The highest BCUT2D eigenvalue weighted by Gasteiger charge is 2.25. The molecule has 1 heterocycles. The number of benzene rings is 3. The van der Waals surface area contributed by atoms with Crippen LogP contribution >= 0.6 is 11.6 Å². The number of anilines is 1. The molecule has 1 aliphatic rings. The van der Waals surface area contributed by atoms with E-state index in [2.05, 4.69) is 4.72 Å². The zero-order valence-electron chi connectivity index (χ0n) is 16.4. The number of fused-ring (bicyclic) bond motifs is 6. The van der Waals surface area contributed by atoms with Gasteiger partial charge in [0, 0.05) is 0 Å². The number of hydrogen-bond donors (Lipinski definition) is 1. The van der Waals surface area contributed by atoms with Crippen molar-refractivity contribution in [2.24, 2.45) is 0 Å². The predicted octanol–water partition coefficient (Wildman–Crippen LogP) is 5.17. The van der Waals surface area contributed by atoms with Crippen LogP contribution in [0.3, 0.4) is 0 Å². The van der Waals surface area contributed by atoms with Crippen molar-refractivity contribution in [3.8, 4) is 16.9 Å². The van der Waals surface area contributed by atoms with E-state index in [-0.39, 0.29) is 34.6 Å². The molecule has 3 aromatic carbocycles. The van der Waals surface area contributed by atoms with Gasteiger partial charge in [-0.1, -0.05) is 23.7 Å². The fourth-order valence-corrected chi connectivity index (χ4v) is 5.17. The average molecular weight is 466 g/mol. The average Bonchev–Trinajstić information content (AvgIpc) is 2.72. The summed E-state index contributed by atoms with van der Waals surface area (Å²) in [6.45, 7) is 0.338. The van der Waals surface area contributed by atoms with E-state index in [9.17, 15) is 17.2 Å². The second-order valence-electron chi connectivity index (χ2n) is 7.01. The summed E-state index contributed by atoms with van der Waals surface area (Å²) in [7, 11) is -2.96. The van der Waals surface area contributed by atoms with Crippen molar-refractivity contribution in [3.63, 3.8) is 0 Å². The van der Waals surface area contributed by atoms with Crippen LogP contribution in [0, 0.1) is 11.6 Å². The summed E-state index contributed by atoms with van der Waals surface area (Å²) < 4.78 is 67.7. The third-order valence-corrected chi connectivity index (χ3v) is 6.59. The Hall–Kier alpha value is -2.68. The first kappa shape index (κ1) is 21.5. The van der Waals surface area contributed by atoms with Gasteiger partial charge in [0.15, 0.2) is 5.75 Å². The largest absolute Gasteiger partial charge is 0.494 e. The zero-order valence-corrected chi connectivity index (χ0v) is 18.0. The molecular formula is C22H18ClF2NO4S. The Kier molecular flexibility index (Phi) is 5.88.